The summed E-state index contributed by atoms with van der Waals surface area (Å²) >= 11 is 3.95. The van der Waals surface area contributed by atoms with E-state index in [1.54, 1.807) is 0 Å². The average molecular weight is 240 g/mol. The molecule has 0 aromatic rings. The zero-order chi connectivity index (χ0) is 9.78. The van der Waals surface area contributed by atoms with Crippen LogP contribution in [0.5, 0.6) is 0 Å². The highest BCUT2D eigenvalue weighted by molar-refractivity contribution is 7.78. The molecule has 14 heavy (non-hydrogen) atoms. The highest BCUT2D eigenvalue weighted by Crippen LogP contribution is 2.08. The van der Waals surface area contributed by atoms with Gasteiger partial charge >= 0.3 is 0 Å². The summed E-state index contributed by atoms with van der Waals surface area (Å²) in [7, 11) is 0. The van der Waals surface area contributed by atoms with Gasteiger partial charge in [-0.2, -0.15) is 0 Å². The quantitative estimate of drug-likeness (QED) is 0.426. The summed E-state index contributed by atoms with van der Waals surface area (Å²) in [5.74, 6) is 0. The highest BCUT2D eigenvalue weighted by Gasteiger charge is 1.90. The van der Waals surface area contributed by atoms with Crippen LogP contribution >= 0.6 is 25.2 Å². The number of unbranched alkanes of at least 4 members (excludes halogenated alkanes) is 8. The van der Waals surface area contributed by atoms with E-state index < -0.39 is 0 Å². The Balaban J connectivity index is 0. The first-order valence-electron chi connectivity index (χ1n) is 5.78. The molecule has 0 aliphatic heterocycles. The first kappa shape index (κ1) is 17.0. The molecule has 3 heteroatoms. The van der Waals surface area contributed by atoms with Gasteiger partial charge in [-0.15, -0.1) is 12.4 Å². The first-order valence-corrected chi connectivity index (χ1v) is 6.23. The summed E-state index contributed by atoms with van der Waals surface area (Å²) in [4.78, 5) is 0. The molecule has 0 radical (unpaired) electrons. The normalized spacial score (nSPS) is 9.86. The smallest absolute Gasteiger partial charge is 0.00561 e. The van der Waals surface area contributed by atoms with Crippen LogP contribution in [0, 0.1) is 0 Å². The fraction of sp³-hybridized carbons (Fsp3) is 1.00. The zero-order valence-electron chi connectivity index (χ0n) is 9.43. The van der Waals surface area contributed by atoms with E-state index in [0.29, 0.717) is 0 Å². The number of hydrogen-bond acceptors (Lipinski definition) is 2. The summed E-state index contributed by atoms with van der Waals surface area (Å²) in [6.45, 7) is 3.32. The van der Waals surface area contributed by atoms with E-state index in [9.17, 15) is 0 Å². The molecular formula is C11H26ClNS. The second-order valence-corrected chi connectivity index (χ2v) is 4.05. The summed E-state index contributed by atoms with van der Waals surface area (Å²) in [6.07, 6.45) is 12.6. The lowest BCUT2D eigenvalue weighted by Crippen LogP contribution is -1.99. The van der Waals surface area contributed by atoms with Gasteiger partial charge in [-0.25, -0.2) is 0 Å². The van der Waals surface area contributed by atoms with Gasteiger partial charge < -0.3 is 0 Å². The van der Waals surface area contributed by atoms with Gasteiger partial charge in [0.05, 0.1) is 0 Å². The maximum Gasteiger partial charge on any atom is 0.00561 e. The molecular weight excluding hydrogens is 214 g/mol. The standard InChI is InChI=1S/C11H25NS.ClH/c1-2-3-4-5-6-7-8-9-10-11-12-13;/h12-13H,2-11H2,1H3;1H. The minimum atomic E-state index is 0. The molecule has 0 saturated carbocycles. The molecule has 0 aliphatic carbocycles. The first-order chi connectivity index (χ1) is 6.41. The predicted molar refractivity (Wildman–Crippen MR) is 71.5 cm³/mol. The molecule has 88 valence electrons. The lowest BCUT2D eigenvalue weighted by Gasteiger charge is -2.01. The zero-order valence-corrected chi connectivity index (χ0v) is 11.1. The lowest BCUT2D eigenvalue weighted by atomic mass is 10.1. The van der Waals surface area contributed by atoms with Crippen LogP contribution in [-0.4, -0.2) is 6.54 Å². The number of nitrogens with one attached hydrogen (secondary N) is 1. The molecule has 0 fully saturated rings. The Morgan fingerprint density at radius 1 is 0.786 bits per heavy atom. The van der Waals surface area contributed by atoms with E-state index >= 15 is 0 Å². The Bertz CT molecular complexity index is 81.4. The Morgan fingerprint density at radius 3 is 1.64 bits per heavy atom. The van der Waals surface area contributed by atoms with Crippen LogP contribution < -0.4 is 4.72 Å². The number of hydrogen-bond donors (Lipinski definition) is 2. The summed E-state index contributed by atoms with van der Waals surface area (Å²) in [5, 5.41) is 0. The number of rotatable bonds is 10. The predicted octanol–water partition coefficient (Wildman–Crippen LogP) is 4.37. The van der Waals surface area contributed by atoms with Crippen LogP contribution in [0.2, 0.25) is 0 Å². The molecule has 0 aliphatic rings. The van der Waals surface area contributed by atoms with E-state index in [-0.39, 0.29) is 12.4 Å². The minimum Gasteiger partial charge on any atom is -0.267 e. The molecule has 0 amide bonds. The number of halogens is 1. The molecule has 0 aromatic carbocycles. The van der Waals surface area contributed by atoms with Crippen molar-refractivity contribution in [1.82, 2.24) is 4.72 Å². The SMILES string of the molecule is CCCCCCCCCCCNS.Cl. The Hall–Kier alpha value is 0.600. The fourth-order valence-corrected chi connectivity index (χ4v) is 1.67. The topological polar surface area (TPSA) is 12.0 Å². The second-order valence-electron chi connectivity index (χ2n) is 3.74. The van der Waals surface area contributed by atoms with Crippen molar-refractivity contribution in [3.05, 3.63) is 0 Å². The van der Waals surface area contributed by atoms with Crippen LogP contribution in [-0.2, 0) is 0 Å². The minimum absolute atomic E-state index is 0. The fourth-order valence-electron chi connectivity index (χ4n) is 1.51. The average Bonchev–Trinajstić information content (AvgIpc) is 2.16. The molecule has 0 aromatic heterocycles. The Morgan fingerprint density at radius 2 is 1.21 bits per heavy atom. The molecule has 0 unspecified atom stereocenters. The van der Waals surface area contributed by atoms with Gasteiger partial charge in [-0.05, 0) is 6.42 Å². The third-order valence-corrected chi connectivity index (χ3v) is 2.62. The van der Waals surface area contributed by atoms with E-state index in [1.807, 2.05) is 0 Å². The molecule has 0 spiro atoms. The van der Waals surface area contributed by atoms with Gasteiger partial charge in [-0.1, -0.05) is 71.1 Å². The van der Waals surface area contributed by atoms with Gasteiger partial charge in [0, 0.05) is 6.54 Å². The molecule has 0 atom stereocenters. The summed E-state index contributed by atoms with van der Waals surface area (Å²) < 4.78 is 2.88. The largest absolute Gasteiger partial charge is 0.267 e. The van der Waals surface area contributed by atoms with Crippen LogP contribution in [0.4, 0.5) is 0 Å². The van der Waals surface area contributed by atoms with Gasteiger partial charge in [0.25, 0.3) is 0 Å². The van der Waals surface area contributed by atoms with Crippen molar-refractivity contribution in [2.75, 3.05) is 6.54 Å². The van der Waals surface area contributed by atoms with Crippen LogP contribution in [0.1, 0.15) is 64.7 Å². The van der Waals surface area contributed by atoms with Gasteiger partial charge in [0.15, 0.2) is 0 Å². The maximum atomic E-state index is 3.95. The van der Waals surface area contributed by atoms with Crippen molar-refractivity contribution in [3.63, 3.8) is 0 Å². The molecule has 0 bridgehead atoms. The van der Waals surface area contributed by atoms with Gasteiger partial charge in [0.2, 0.25) is 0 Å². The van der Waals surface area contributed by atoms with Crippen LogP contribution in [0.3, 0.4) is 0 Å². The van der Waals surface area contributed by atoms with E-state index in [1.165, 1.54) is 57.8 Å². The van der Waals surface area contributed by atoms with Gasteiger partial charge in [0.1, 0.15) is 0 Å². The van der Waals surface area contributed by atoms with Crippen LogP contribution in [0.15, 0.2) is 0 Å². The van der Waals surface area contributed by atoms with Crippen molar-refractivity contribution in [2.45, 2.75) is 64.7 Å². The molecule has 1 nitrogen and oxygen atoms in total. The molecule has 0 rings (SSSR count). The number of thiol groups is 1. The Labute approximate surface area is 101 Å². The van der Waals surface area contributed by atoms with Crippen LogP contribution in [0.25, 0.3) is 0 Å². The van der Waals surface area contributed by atoms with E-state index in [2.05, 4.69) is 24.5 Å². The van der Waals surface area contributed by atoms with Crippen molar-refractivity contribution >= 4 is 25.2 Å². The monoisotopic (exact) mass is 239 g/mol. The van der Waals surface area contributed by atoms with Crippen molar-refractivity contribution in [1.29, 1.82) is 0 Å². The molecule has 1 N–H and O–H groups in total. The second kappa shape index (κ2) is 16.0. The van der Waals surface area contributed by atoms with Crippen molar-refractivity contribution in [2.24, 2.45) is 0 Å². The maximum absolute atomic E-state index is 3.95. The lowest BCUT2D eigenvalue weighted by molar-refractivity contribution is 0.565. The summed E-state index contributed by atoms with van der Waals surface area (Å²) in [5.41, 5.74) is 0. The highest BCUT2D eigenvalue weighted by atomic mass is 35.5. The van der Waals surface area contributed by atoms with Gasteiger partial charge in [-0.3, -0.25) is 4.72 Å². The third-order valence-electron chi connectivity index (χ3n) is 2.39. The molecule has 0 saturated heterocycles. The van der Waals surface area contributed by atoms with Crippen molar-refractivity contribution in [3.8, 4) is 0 Å². The Kier molecular flexibility index (Phi) is 19.5. The van der Waals surface area contributed by atoms with Crippen molar-refractivity contribution < 1.29 is 0 Å². The third kappa shape index (κ3) is 15.1. The van der Waals surface area contributed by atoms with E-state index in [4.69, 9.17) is 0 Å². The molecule has 0 heterocycles. The summed E-state index contributed by atoms with van der Waals surface area (Å²) in [6, 6.07) is 0. The van der Waals surface area contributed by atoms with E-state index in [0.717, 1.165) is 6.54 Å².